The first kappa shape index (κ1) is 37.6. The normalized spacial score (nSPS) is 29.5. The molecule has 4 N–H and O–H groups in total. The highest BCUT2D eigenvalue weighted by molar-refractivity contribution is 7.92. The summed E-state index contributed by atoms with van der Waals surface area (Å²) >= 11 is 0. The summed E-state index contributed by atoms with van der Waals surface area (Å²) in [6.07, 6.45) is 8.65. The van der Waals surface area contributed by atoms with E-state index in [1.165, 1.54) is 0 Å². The summed E-state index contributed by atoms with van der Waals surface area (Å²) in [6.45, 7) is 12.3. The third kappa shape index (κ3) is 7.96. The van der Waals surface area contributed by atoms with Gasteiger partial charge in [-0.2, -0.15) is 0 Å². The average Bonchev–Trinajstić information content (AvgIpc) is 3.88. The van der Waals surface area contributed by atoms with Crippen LogP contribution in [0, 0.1) is 28.6 Å². The summed E-state index contributed by atoms with van der Waals surface area (Å²) in [5.74, 6) is -1.88. The second-order valence-electron chi connectivity index (χ2n) is 17.2. The van der Waals surface area contributed by atoms with Gasteiger partial charge < -0.3 is 26.2 Å². The number of hydrogen-bond acceptors (Lipinski definition) is 7. The lowest BCUT2D eigenvalue weighted by molar-refractivity contribution is -0.145. The van der Waals surface area contributed by atoms with E-state index in [2.05, 4.69) is 35.1 Å². The zero-order valence-electron chi connectivity index (χ0n) is 30.4. The van der Waals surface area contributed by atoms with Crippen LogP contribution in [0.2, 0.25) is 0 Å². The topological polar surface area (TPSA) is 171 Å². The SMILES string of the molecule is CCCNC(=O)C(=O)[C@H](CC1CC1)NC(=O)[C@@H]1[C@@H]2[C@H](CN1C(=O)[C@@H](NC(=O)NC1([C@H]3CCCCS3(=O)=O)CCCCC1)C(C)(C)C)C2(C)C. The molecule has 13 heteroatoms. The van der Waals surface area contributed by atoms with Crippen LogP contribution in [0.4, 0.5) is 4.79 Å². The number of piperidine rings is 1. The number of carbonyl (C=O) groups is 5. The van der Waals surface area contributed by atoms with Crippen LogP contribution in [-0.4, -0.2) is 90.6 Å². The molecule has 5 aliphatic rings. The van der Waals surface area contributed by atoms with Crippen LogP contribution >= 0.6 is 0 Å². The molecule has 5 rings (SSSR count). The van der Waals surface area contributed by atoms with E-state index in [1.54, 1.807) is 4.90 Å². The Morgan fingerprint density at radius 1 is 0.918 bits per heavy atom. The molecule has 6 atom stereocenters. The summed E-state index contributed by atoms with van der Waals surface area (Å²) in [4.78, 5) is 69.9. The number of nitrogens with one attached hydrogen (secondary N) is 4. The van der Waals surface area contributed by atoms with Crippen LogP contribution in [0.15, 0.2) is 0 Å². The standard InChI is InChI=1S/C36H59N5O7S/c1-7-18-37-31(44)28(42)24(20-22-14-15-22)38-30(43)27-26-23(35(26,5)6)21-41(27)32(45)29(34(2,3)4)39-33(46)40-36(16-10-8-11-17-36)25-13-9-12-19-49(25,47)48/h22-27,29H,7-21H2,1-6H3,(H,37,44)(H,38,43)(H2,39,40,46)/t23-,24-,25+,26-,27-,29+/m0/s1. The lowest BCUT2D eigenvalue weighted by Crippen LogP contribution is -2.66. The molecule has 0 radical (unpaired) electrons. The first-order valence-corrected chi connectivity index (χ1v) is 20.4. The van der Waals surface area contributed by atoms with Crippen molar-refractivity contribution in [2.75, 3.05) is 18.8 Å². The maximum atomic E-state index is 14.5. The van der Waals surface area contributed by atoms with Crippen molar-refractivity contribution < 1.29 is 32.4 Å². The monoisotopic (exact) mass is 705 g/mol. The van der Waals surface area contributed by atoms with Crippen LogP contribution < -0.4 is 21.3 Å². The van der Waals surface area contributed by atoms with Gasteiger partial charge in [0, 0.05) is 13.1 Å². The number of carbonyl (C=O) groups excluding carboxylic acids is 5. The lowest BCUT2D eigenvalue weighted by atomic mass is 9.77. The fourth-order valence-corrected chi connectivity index (χ4v) is 11.4. The molecule has 0 spiro atoms. The Kier molecular flexibility index (Phi) is 10.8. The van der Waals surface area contributed by atoms with E-state index >= 15 is 0 Å². The fraction of sp³-hybridized carbons (Fsp3) is 0.861. The molecule has 3 saturated carbocycles. The number of rotatable bonds is 12. The Morgan fingerprint density at radius 3 is 2.18 bits per heavy atom. The van der Waals surface area contributed by atoms with Crippen molar-refractivity contribution in [1.29, 1.82) is 0 Å². The Hall–Kier alpha value is -2.70. The third-order valence-corrected chi connectivity index (χ3v) is 14.5. The van der Waals surface area contributed by atoms with Gasteiger partial charge in [0.05, 0.1) is 22.6 Å². The molecule has 0 aromatic heterocycles. The molecule has 0 unspecified atom stereocenters. The summed E-state index contributed by atoms with van der Waals surface area (Å²) in [7, 11) is -3.38. The van der Waals surface area contributed by atoms with E-state index in [-0.39, 0.29) is 34.8 Å². The van der Waals surface area contributed by atoms with Crippen LogP contribution in [0.1, 0.15) is 119 Å². The van der Waals surface area contributed by atoms with Crippen molar-refractivity contribution in [3.8, 4) is 0 Å². The molecule has 5 amide bonds. The van der Waals surface area contributed by atoms with Gasteiger partial charge in [-0.05, 0) is 67.1 Å². The first-order chi connectivity index (χ1) is 22.9. The van der Waals surface area contributed by atoms with Crippen molar-refractivity contribution in [3.63, 3.8) is 0 Å². The molecule has 276 valence electrons. The largest absolute Gasteiger partial charge is 0.349 e. The minimum atomic E-state index is -3.38. The zero-order chi connectivity index (χ0) is 35.9. The smallest absolute Gasteiger partial charge is 0.315 e. The first-order valence-electron chi connectivity index (χ1n) is 18.7. The number of amides is 5. The van der Waals surface area contributed by atoms with Gasteiger partial charge in [0.25, 0.3) is 5.91 Å². The Labute approximate surface area is 292 Å². The highest BCUT2D eigenvalue weighted by Crippen LogP contribution is 2.65. The third-order valence-electron chi connectivity index (χ3n) is 12.1. The predicted octanol–water partition coefficient (Wildman–Crippen LogP) is 3.23. The summed E-state index contributed by atoms with van der Waals surface area (Å²) in [5, 5.41) is 10.9. The quantitative estimate of drug-likeness (QED) is 0.226. The molecule has 2 heterocycles. The Morgan fingerprint density at radius 2 is 1.59 bits per heavy atom. The van der Waals surface area contributed by atoms with Crippen LogP contribution in [-0.2, 0) is 29.0 Å². The van der Waals surface area contributed by atoms with Gasteiger partial charge in [-0.1, -0.05) is 80.1 Å². The summed E-state index contributed by atoms with van der Waals surface area (Å²) in [6, 6.07) is -3.40. The Balaban J connectivity index is 1.35. The molecule has 0 bridgehead atoms. The number of likely N-dealkylation sites (tertiary alicyclic amines) is 1. The van der Waals surface area contributed by atoms with Crippen molar-refractivity contribution >= 4 is 39.4 Å². The van der Waals surface area contributed by atoms with Crippen molar-refractivity contribution in [2.24, 2.45) is 28.6 Å². The van der Waals surface area contributed by atoms with Crippen molar-refractivity contribution in [3.05, 3.63) is 0 Å². The maximum absolute atomic E-state index is 14.5. The van der Waals surface area contributed by atoms with Crippen molar-refractivity contribution in [2.45, 2.75) is 148 Å². The molecule has 12 nitrogen and oxygen atoms in total. The molecule has 2 saturated heterocycles. The average molecular weight is 706 g/mol. The van der Waals surface area contributed by atoms with Crippen LogP contribution in [0.25, 0.3) is 0 Å². The number of ketones is 1. The maximum Gasteiger partial charge on any atom is 0.315 e. The van der Waals surface area contributed by atoms with E-state index in [0.717, 1.165) is 38.5 Å². The van der Waals surface area contributed by atoms with Gasteiger partial charge in [0.2, 0.25) is 17.6 Å². The Bertz CT molecular complexity index is 1410. The number of sulfone groups is 1. The molecular formula is C36H59N5O7S. The van der Waals surface area contributed by atoms with Gasteiger partial charge in [-0.3, -0.25) is 19.2 Å². The summed E-state index contributed by atoms with van der Waals surface area (Å²) in [5.41, 5.74) is -1.81. The predicted molar refractivity (Wildman–Crippen MR) is 186 cm³/mol. The minimum absolute atomic E-state index is 0.0779. The number of fused-ring (bicyclic) bond motifs is 1. The van der Waals surface area contributed by atoms with Crippen LogP contribution in [0.5, 0.6) is 0 Å². The van der Waals surface area contributed by atoms with Gasteiger partial charge in [-0.15, -0.1) is 0 Å². The van der Waals surface area contributed by atoms with E-state index < -0.39 is 67.8 Å². The molecule has 0 aromatic rings. The second kappa shape index (κ2) is 14.1. The molecule has 0 aromatic carbocycles. The fourth-order valence-electron chi connectivity index (χ4n) is 8.97. The zero-order valence-corrected chi connectivity index (χ0v) is 31.2. The lowest BCUT2D eigenvalue weighted by Gasteiger charge is -2.45. The summed E-state index contributed by atoms with van der Waals surface area (Å²) < 4.78 is 26.5. The number of hydrogen-bond donors (Lipinski definition) is 4. The van der Waals surface area contributed by atoms with Crippen molar-refractivity contribution in [1.82, 2.24) is 26.2 Å². The molecule has 5 fully saturated rings. The number of nitrogens with zero attached hydrogens (tertiary/aromatic N) is 1. The highest BCUT2D eigenvalue weighted by Gasteiger charge is 2.70. The second-order valence-corrected chi connectivity index (χ2v) is 19.5. The van der Waals surface area contributed by atoms with Gasteiger partial charge in [0.1, 0.15) is 12.1 Å². The molecular weight excluding hydrogens is 646 g/mol. The molecule has 2 aliphatic heterocycles. The van der Waals surface area contributed by atoms with E-state index in [4.69, 9.17) is 0 Å². The van der Waals surface area contributed by atoms with E-state index in [1.807, 2.05) is 27.7 Å². The highest BCUT2D eigenvalue weighted by atomic mass is 32.2. The number of urea groups is 1. The van der Waals surface area contributed by atoms with Crippen LogP contribution in [0.3, 0.4) is 0 Å². The van der Waals surface area contributed by atoms with Gasteiger partial charge in [-0.25, -0.2) is 13.2 Å². The molecule has 3 aliphatic carbocycles. The minimum Gasteiger partial charge on any atom is -0.349 e. The van der Waals surface area contributed by atoms with Gasteiger partial charge in [0.15, 0.2) is 9.84 Å². The van der Waals surface area contributed by atoms with E-state index in [0.29, 0.717) is 51.6 Å². The van der Waals surface area contributed by atoms with Gasteiger partial charge >= 0.3 is 6.03 Å². The molecule has 49 heavy (non-hydrogen) atoms. The van der Waals surface area contributed by atoms with E-state index in [9.17, 15) is 32.4 Å². The number of Topliss-reactive ketones (excluding diaryl/α,β-unsaturated/α-hetero) is 1.